The smallest absolute Gasteiger partial charge is 0.334 e. The van der Waals surface area contributed by atoms with Crippen LogP contribution in [0, 0.1) is 0 Å². The van der Waals surface area contributed by atoms with E-state index < -0.39 is 21.3 Å². The van der Waals surface area contributed by atoms with E-state index in [9.17, 15) is 18.0 Å². The molecule has 3 heterocycles. The third-order valence-corrected chi connectivity index (χ3v) is 6.80. The normalized spacial score (nSPS) is 21.3. The highest BCUT2D eigenvalue weighted by Crippen LogP contribution is 2.25. The van der Waals surface area contributed by atoms with Crippen LogP contribution in [-0.4, -0.2) is 63.8 Å². The van der Waals surface area contributed by atoms with Crippen LogP contribution in [0.3, 0.4) is 0 Å². The van der Waals surface area contributed by atoms with Gasteiger partial charge >= 0.3 is 5.69 Å². The molecule has 0 aliphatic carbocycles. The van der Waals surface area contributed by atoms with Crippen LogP contribution in [0.2, 0.25) is 0 Å². The molecule has 3 aromatic rings. The quantitative estimate of drug-likeness (QED) is 0.637. The molecule has 4 rings (SSSR count). The predicted octanol–water partition coefficient (Wildman–Crippen LogP) is 0.521. The van der Waals surface area contributed by atoms with Crippen molar-refractivity contribution in [3.8, 4) is 5.82 Å². The average Bonchev–Trinajstić information content (AvgIpc) is 3.06. The molecule has 10 nitrogen and oxygen atoms in total. The molecule has 2 atom stereocenters. The molecule has 0 saturated carbocycles. The summed E-state index contributed by atoms with van der Waals surface area (Å²) in [7, 11) is -3.24. The lowest BCUT2D eigenvalue weighted by Gasteiger charge is -2.42. The molecule has 0 unspecified atom stereocenters. The number of rotatable bonds is 4. The molecule has 0 spiro atoms. The first-order valence-corrected chi connectivity index (χ1v) is 11.4. The second-order valence-electron chi connectivity index (χ2n) is 7.78. The number of nitrogens with zero attached hydrogens (tertiary/aromatic N) is 4. The first-order chi connectivity index (χ1) is 14.1. The van der Waals surface area contributed by atoms with Gasteiger partial charge < -0.3 is 4.52 Å². The van der Waals surface area contributed by atoms with Crippen molar-refractivity contribution in [2.24, 2.45) is 0 Å². The van der Waals surface area contributed by atoms with Gasteiger partial charge in [0, 0.05) is 44.0 Å². The van der Waals surface area contributed by atoms with Gasteiger partial charge in [-0.15, -0.1) is 0 Å². The maximum Gasteiger partial charge on any atom is 0.334 e. The first-order valence-electron chi connectivity index (χ1n) is 9.55. The largest absolute Gasteiger partial charge is 0.354 e. The van der Waals surface area contributed by atoms with Crippen molar-refractivity contribution in [3.63, 3.8) is 0 Å². The number of piperazine rings is 1. The number of aromatic nitrogens is 3. The van der Waals surface area contributed by atoms with Crippen molar-refractivity contribution >= 4 is 21.0 Å². The van der Waals surface area contributed by atoms with E-state index >= 15 is 0 Å². The molecular weight excluding hydrogens is 410 g/mol. The van der Waals surface area contributed by atoms with Crippen molar-refractivity contribution in [2.75, 3.05) is 19.3 Å². The summed E-state index contributed by atoms with van der Waals surface area (Å²) in [6.07, 6.45) is 2.60. The summed E-state index contributed by atoms with van der Waals surface area (Å²) in [6.45, 7) is 5.58. The Kier molecular flexibility index (Phi) is 5.12. The van der Waals surface area contributed by atoms with Gasteiger partial charge in [0.1, 0.15) is 0 Å². The van der Waals surface area contributed by atoms with E-state index in [2.05, 4.69) is 15.0 Å². The average molecular weight is 433 g/mol. The van der Waals surface area contributed by atoms with Crippen LogP contribution in [0.15, 0.2) is 44.6 Å². The molecule has 1 aromatic carbocycles. The minimum absolute atomic E-state index is 0.0513. The Balaban J connectivity index is 1.63. The summed E-state index contributed by atoms with van der Waals surface area (Å²) >= 11 is 0. The molecule has 1 aliphatic rings. The molecule has 160 valence electrons. The zero-order chi connectivity index (χ0) is 21.6. The van der Waals surface area contributed by atoms with E-state index in [1.807, 2.05) is 26.0 Å². The Hall–Kier alpha value is -2.76. The van der Waals surface area contributed by atoms with Crippen LogP contribution < -0.4 is 11.2 Å². The lowest BCUT2D eigenvalue weighted by Crippen LogP contribution is -2.57. The number of H-pyrrole nitrogens is 1. The summed E-state index contributed by atoms with van der Waals surface area (Å²) < 4.78 is 32.1. The lowest BCUT2D eigenvalue weighted by molar-refractivity contribution is 0.0869. The highest BCUT2D eigenvalue weighted by Gasteiger charge is 2.33. The van der Waals surface area contributed by atoms with Crippen molar-refractivity contribution < 1.29 is 12.9 Å². The molecule has 2 aromatic heterocycles. The van der Waals surface area contributed by atoms with Gasteiger partial charge in [-0.05, 0) is 31.5 Å². The minimum atomic E-state index is -3.24. The Labute approximate surface area is 172 Å². The van der Waals surface area contributed by atoms with Crippen molar-refractivity contribution in [1.82, 2.24) is 23.9 Å². The lowest BCUT2D eigenvalue weighted by atomic mass is 10.1. The standard InChI is InChI=1S/C19H23N5O5S/c1-12-10-24(30(3,27)28)13(2)9-22(12)11-14-4-5-16-15(8-14)18(21-29-16)23-7-6-17(25)20-19(23)26/h4-8,12-13H,9-11H2,1-3H3,(H,20,25,26)/t12-,13-/m0/s1. The Bertz CT molecular complexity index is 1310. The van der Waals surface area contributed by atoms with Gasteiger partial charge in [-0.3, -0.25) is 14.7 Å². The SMILES string of the molecule is C[C@H]1CN(S(C)(=O)=O)[C@@H](C)CN1Cc1ccc2onc(-n3ccc(=O)[nH]c3=O)c2c1. The zero-order valence-electron chi connectivity index (χ0n) is 16.9. The molecule has 0 amide bonds. The minimum Gasteiger partial charge on any atom is -0.354 e. The molecule has 0 bridgehead atoms. The Morgan fingerprint density at radius 1 is 1.17 bits per heavy atom. The van der Waals surface area contributed by atoms with Crippen molar-refractivity contribution in [1.29, 1.82) is 0 Å². The molecule has 11 heteroatoms. The highest BCUT2D eigenvalue weighted by molar-refractivity contribution is 7.88. The third kappa shape index (κ3) is 3.83. The number of nitrogens with one attached hydrogen (secondary N) is 1. The van der Waals surface area contributed by atoms with E-state index in [0.29, 0.717) is 36.4 Å². The Morgan fingerprint density at radius 2 is 1.93 bits per heavy atom. The van der Waals surface area contributed by atoms with Crippen LogP contribution in [0.1, 0.15) is 19.4 Å². The maximum absolute atomic E-state index is 12.1. The van der Waals surface area contributed by atoms with Gasteiger partial charge in [-0.1, -0.05) is 11.2 Å². The van der Waals surface area contributed by atoms with Crippen LogP contribution in [-0.2, 0) is 16.6 Å². The summed E-state index contributed by atoms with van der Waals surface area (Å²) in [5, 5.41) is 4.64. The fourth-order valence-corrected chi connectivity index (χ4v) is 5.12. The maximum atomic E-state index is 12.1. The predicted molar refractivity (Wildman–Crippen MR) is 111 cm³/mol. The summed E-state index contributed by atoms with van der Waals surface area (Å²) in [5.74, 6) is 0.302. The van der Waals surface area contributed by atoms with Crippen LogP contribution >= 0.6 is 0 Å². The Morgan fingerprint density at radius 3 is 2.63 bits per heavy atom. The van der Waals surface area contributed by atoms with Gasteiger partial charge in [0.15, 0.2) is 11.4 Å². The van der Waals surface area contributed by atoms with Crippen molar-refractivity contribution in [3.05, 3.63) is 56.9 Å². The van der Waals surface area contributed by atoms with Crippen LogP contribution in [0.5, 0.6) is 0 Å². The number of fused-ring (bicyclic) bond motifs is 1. The monoisotopic (exact) mass is 433 g/mol. The van der Waals surface area contributed by atoms with E-state index in [4.69, 9.17) is 4.52 Å². The first kappa shape index (κ1) is 20.5. The summed E-state index contributed by atoms with van der Waals surface area (Å²) in [4.78, 5) is 27.9. The van der Waals surface area contributed by atoms with Crippen LogP contribution in [0.25, 0.3) is 16.8 Å². The molecule has 1 N–H and O–H groups in total. The second kappa shape index (κ2) is 7.49. The molecular formula is C19H23N5O5S. The summed E-state index contributed by atoms with van der Waals surface area (Å²) in [5.41, 5.74) is 0.426. The number of hydrogen-bond acceptors (Lipinski definition) is 7. The van der Waals surface area contributed by atoms with E-state index in [0.717, 1.165) is 5.56 Å². The van der Waals surface area contributed by atoms with Gasteiger partial charge in [0.2, 0.25) is 10.0 Å². The van der Waals surface area contributed by atoms with Gasteiger partial charge in [-0.25, -0.2) is 17.8 Å². The second-order valence-corrected chi connectivity index (χ2v) is 9.71. The number of aromatic amines is 1. The topological polar surface area (TPSA) is 122 Å². The molecule has 1 fully saturated rings. The fourth-order valence-electron chi connectivity index (χ4n) is 3.91. The van der Waals surface area contributed by atoms with Gasteiger partial charge in [0.25, 0.3) is 5.56 Å². The van der Waals surface area contributed by atoms with E-state index in [1.165, 1.54) is 27.4 Å². The fraction of sp³-hybridized carbons (Fsp3) is 0.421. The number of hydrogen-bond donors (Lipinski definition) is 1. The molecule has 0 radical (unpaired) electrons. The molecule has 1 saturated heterocycles. The highest BCUT2D eigenvalue weighted by atomic mass is 32.2. The number of sulfonamides is 1. The number of benzene rings is 1. The van der Waals surface area contributed by atoms with Crippen LogP contribution in [0.4, 0.5) is 0 Å². The van der Waals surface area contributed by atoms with E-state index in [1.54, 1.807) is 6.07 Å². The van der Waals surface area contributed by atoms with Gasteiger partial charge in [0.05, 0.1) is 11.6 Å². The summed E-state index contributed by atoms with van der Waals surface area (Å²) in [6, 6.07) is 6.79. The molecule has 30 heavy (non-hydrogen) atoms. The molecule has 1 aliphatic heterocycles. The zero-order valence-corrected chi connectivity index (χ0v) is 17.7. The van der Waals surface area contributed by atoms with E-state index in [-0.39, 0.29) is 12.1 Å². The van der Waals surface area contributed by atoms with Gasteiger partial charge in [-0.2, -0.15) is 4.31 Å². The third-order valence-electron chi connectivity index (χ3n) is 5.44. The van der Waals surface area contributed by atoms with Crippen molar-refractivity contribution in [2.45, 2.75) is 32.5 Å².